The number of nitrogens with zero attached hydrogens (tertiary/aromatic N) is 1. The number of carbonyl (C=O) groups is 3. The number of ketones is 1. The average Bonchev–Trinajstić information content (AvgIpc) is 3.30. The first-order valence-electron chi connectivity index (χ1n) is 16.4. The number of ether oxygens (including phenoxy) is 4. The van der Waals surface area contributed by atoms with Crippen LogP contribution in [0, 0.1) is 17.8 Å². The van der Waals surface area contributed by atoms with Crippen molar-refractivity contribution >= 4 is 17.7 Å². The van der Waals surface area contributed by atoms with Gasteiger partial charge >= 0.3 is 11.7 Å². The quantitative estimate of drug-likeness (QED) is 0.140. The Balaban J connectivity index is 1.31. The molecule has 0 spiro atoms. The third-order valence-electron chi connectivity index (χ3n) is 9.21. The normalized spacial score (nSPS) is 29.4. The van der Waals surface area contributed by atoms with E-state index in [4.69, 9.17) is 18.9 Å². The standard InChI is InChI=1S/C32H51N3O11/c1-6-24-27(39)28(40)29(45-24)23-16-35(32(42)34-30(23)41)14-12-26(38)33-13-9-11-22(37)10-7-8-15-43-31-20(4)18(2)19(3)25(46-31)17-44-21(5)36/h16,18-20,24-25,27-29,31,39-40H,6-15,17H2,1-5H3,(H,33,38)(H,34,41,42)/t18?,19?,20?,24-,25?,27+,28?,29+,31?/m1/s1. The lowest BCUT2D eigenvalue weighted by Gasteiger charge is -2.43. The number of amides is 1. The summed E-state index contributed by atoms with van der Waals surface area (Å²) in [6.07, 6.45) is -0.594. The zero-order valence-electron chi connectivity index (χ0n) is 27.6. The van der Waals surface area contributed by atoms with Crippen LogP contribution >= 0.6 is 0 Å². The largest absolute Gasteiger partial charge is 0.463 e. The molecule has 0 aliphatic carbocycles. The number of nitrogens with one attached hydrogen (secondary N) is 2. The van der Waals surface area contributed by atoms with E-state index in [-0.39, 0.29) is 60.7 Å². The molecule has 0 saturated carbocycles. The average molecular weight is 654 g/mol. The first-order valence-corrected chi connectivity index (χ1v) is 16.4. The van der Waals surface area contributed by atoms with E-state index in [1.165, 1.54) is 13.1 Å². The van der Waals surface area contributed by atoms with Gasteiger partial charge in [0.05, 0.1) is 17.8 Å². The molecule has 9 atom stereocenters. The highest BCUT2D eigenvalue weighted by atomic mass is 16.7. The van der Waals surface area contributed by atoms with E-state index >= 15 is 0 Å². The van der Waals surface area contributed by atoms with Crippen LogP contribution in [0.5, 0.6) is 0 Å². The monoisotopic (exact) mass is 653 g/mol. The summed E-state index contributed by atoms with van der Waals surface area (Å²) in [5, 5.41) is 23.2. The fourth-order valence-corrected chi connectivity index (χ4v) is 5.88. The SMILES string of the molecule is CC[C@H]1O[C@@H](c2cn(CCC(=O)NCCCC(=O)CCCCOC3OC(COC(C)=O)C(C)C(C)C3C)c(=O)[nH]c2=O)C(O)[C@H]1O. The van der Waals surface area contributed by atoms with Crippen LogP contribution < -0.4 is 16.6 Å². The highest BCUT2D eigenvalue weighted by Gasteiger charge is 2.44. The minimum absolute atomic E-state index is 0.00131. The smallest absolute Gasteiger partial charge is 0.328 e. The number of aromatic amines is 1. The molecule has 3 heterocycles. The minimum atomic E-state index is -1.32. The molecule has 2 aliphatic heterocycles. The maximum absolute atomic E-state index is 12.4. The molecule has 2 fully saturated rings. The van der Waals surface area contributed by atoms with Crippen molar-refractivity contribution in [2.45, 2.75) is 123 Å². The Labute approximate surface area is 269 Å². The van der Waals surface area contributed by atoms with Crippen molar-refractivity contribution in [3.8, 4) is 0 Å². The van der Waals surface area contributed by atoms with Crippen molar-refractivity contribution in [3.63, 3.8) is 0 Å². The fourth-order valence-electron chi connectivity index (χ4n) is 5.88. The number of rotatable bonds is 17. The molecule has 14 nitrogen and oxygen atoms in total. The van der Waals surface area contributed by atoms with Crippen LogP contribution in [0.25, 0.3) is 0 Å². The molecular formula is C32H51N3O11. The lowest BCUT2D eigenvalue weighted by atomic mass is 9.79. The van der Waals surface area contributed by atoms with Gasteiger partial charge in [0.25, 0.3) is 5.56 Å². The molecular weight excluding hydrogens is 602 g/mol. The van der Waals surface area contributed by atoms with E-state index in [9.17, 15) is 34.2 Å². The van der Waals surface area contributed by atoms with Crippen LogP contribution in [0.3, 0.4) is 0 Å². The molecule has 6 unspecified atom stereocenters. The summed E-state index contributed by atoms with van der Waals surface area (Å²) in [5.74, 6) is 0.174. The highest BCUT2D eigenvalue weighted by molar-refractivity contribution is 5.78. The van der Waals surface area contributed by atoms with E-state index in [0.717, 1.165) is 4.57 Å². The van der Waals surface area contributed by atoms with E-state index in [1.807, 2.05) is 0 Å². The second-order valence-corrected chi connectivity index (χ2v) is 12.5. The Morgan fingerprint density at radius 2 is 1.67 bits per heavy atom. The molecule has 46 heavy (non-hydrogen) atoms. The van der Waals surface area contributed by atoms with Crippen LogP contribution in [-0.4, -0.2) is 87.9 Å². The lowest BCUT2D eigenvalue weighted by Crippen LogP contribution is -2.47. The number of esters is 1. The molecule has 1 amide bonds. The van der Waals surface area contributed by atoms with Crippen LogP contribution in [0.2, 0.25) is 0 Å². The molecule has 1 aromatic rings. The maximum atomic E-state index is 12.4. The molecule has 0 bridgehead atoms. The molecule has 4 N–H and O–H groups in total. The van der Waals surface area contributed by atoms with E-state index < -0.39 is 42.0 Å². The predicted molar refractivity (Wildman–Crippen MR) is 166 cm³/mol. The van der Waals surface area contributed by atoms with Crippen LogP contribution in [0.4, 0.5) is 0 Å². The number of aliphatic hydroxyl groups excluding tert-OH is 2. The Kier molecular flexibility index (Phi) is 14.6. The number of carbonyl (C=O) groups excluding carboxylic acids is 3. The minimum Gasteiger partial charge on any atom is -0.463 e. The second-order valence-electron chi connectivity index (χ2n) is 12.5. The summed E-state index contributed by atoms with van der Waals surface area (Å²) in [5.41, 5.74) is -1.43. The first kappa shape index (κ1) is 37.5. The van der Waals surface area contributed by atoms with Crippen LogP contribution in [-0.2, 0) is 39.9 Å². The molecule has 0 radical (unpaired) electrons. The molecule has 2 saturated heterocycles. The first-order chi connectivity index (χ1) is 21.8. The number of aryl methyl sites for hydroxylation is 1. The van der Waals surface area contributed by atoms with Crippen LogP contribution in [0.1, 0.15) is 91.2 Å². The molecule has 1 aromatic heterocycles. The topological polar surface area (TPSA) is 195 Å². The summed E-state index contributed by atoms with van der Waals surface area (Å²) in [6, 6.07) is 0. The third-order valence-corrected chi connectivity index (χ3v) is 9.21. The summed E-state index contributed by atoms with van der Waals surface area (Å²) in [4.78, 5) is 62.7. The Hall–Kier alpha value is -2.91. The van der Waals surface area contributed by atoms with Gasteiger partial charge in [-0.15, -0.1) is 0 Å². The van der Waals surface area contributed by atoms with E-state index in [2.05, 4.69) is 31.1 Å². The molecule has 3 rings (SSSR count). The predicted octanol–water partition coefficient (Wildman–Crippen LogP) is 1.35. The van der Waals surface area contributed by atoms with Crippen molar-refractivity contribution in [2.24, 2.45) is 17.8 Å². The van der Waals surface area contributed by atoms with Gasteiger partial charge in [0.1, 0.15) is 30.7 Å². The number of Topliss-reactive ketones (excluding diaryl/α,β-unsaturated/α-hetero) is 1. The van der Waals surface area contributed by atoms with Gasteiger partial charge in [0.15, 0.2) is 6.29 Å². The Bertz CT molecular complexity index is 1280. The summed E-state index contributed by atoms with van der Waals surface area (Å²) >= 11 is 0. The number of hydrogen-bond acceptors (Lipinski definition) is 11. The Morgan fingerprint density at radius 3 is 2.35 bits per heavy atom. The third kappa shape index (κ3) is 10.3. The van der Waals surface area contributed by atoms with Gasteiger partial charge in [-0.3, -0.25) is 28.7 Å². The van der Waals surface area contributed by atoms with Crippen molar-refractivity contribution in [2.75, 3.05) is 19.8 Å². The fraction of sp³-hybridized carbons (Fsp3) is 0.781. The number of aliphatic hydroxyl groups is 2. The zero-order valence-corrected chi connectivity index (χ0v) is 27.6. The van der Waals surface area contributed by atoms with E-state index in [1.54, 1.807) is 6.92 Å². The number of hydrogen-bond donors (Lipinski definition) is 4. The van der Waals surface area contributed by atoms with Gasteiger partial charge < -0.3 is 34.5 Å². The van der Waals surface area contributed by atoms with Crippen molar-refractivity contribution < 1.29 is 43.5 Å². The number of H-pyrrole nitrogens is 1. The zero-order chi connectivity index (χ0) is 34.0. The molecule has 0 aromatic carbocycles. The highest BCUT2D eigenvalue weighted by Crippen LogP contribution is 2.36. The van der Waals surface area contributed by atoms with Gasteiger partial charge in [-0.1, -0.05) is 27.7 Å². The molecule has 2 aliphatic rings. The van der Waals surface area contributed by atoms with Gasteiger partial charge in [-0.05, 0) is 37.5 Å². The summed E-state index contributed by atoms with van der Waals surface area (Å²) in [7, 11) is 0. The van der Waals surface area contributed by atoms with Gasteiger partial charge in [-0.25, -0.2) is 4.79 Å². The van der Waals surface area contributed by atoms with E-state index in [0.29, 0.717) is 57.6 Å². The number of unbranched alkanes of at least 4 members (excludes halogenated alkanes) is 1. The molecule has 14 heteroatoms. The second kappa shape index (κ2) is 17.9. The van der Waals surface area contributed by atoms with Crippen molar-refractivity contribution in [3.05, 3.63) is 32.6 Å². The summed E-state index contributed by atoms with van der Waals surface area (Å²) < 4.78 is 24.0. The summed E-state index contributed by atoms with van der Waals surface area (Å²) in [6.45, 7) is 10.4. The van der Waals surface area contributed by atoms with Gasteiger partial charge in [0, 0.05) is 58.0 Å². The van der Waals surface area contributed by atoms with Crippen molar-refractivity contribution in [1.29, 1.82) is 0 Å². The maximum Gasteiger partial charge on any atom is 0.328 e. The number of aromatic nitrogens is 2. The lowest BCUT2D eigenvalue weighted by molar-refractivity contribution is -0.255. The Morgan fingerprint density at radius 1 is 0.957 bits per heavy atom. The van der Waals surface area contributed by atoms with Gasteiger partial charge in [-0.2, -0.15) is 0 Å². The van der Waals surface area contributed by atoms with Gasteiger partial charge in [0.2, 0.25) is 5.91 Å². The van der Waals surface area contributed by atoms with Crippen LogP contribution in [0.15, 0.2) is 15.8 Å². The molecule has 260 valence electrons. The van der Waals surface area contributed by atoms with Crippen molar-refractivity contribution in [1.82, 2.24) is 14.9 Å².